The van der Waals surface area contributed by atoms with Crippen LogP contribution in [0, 0.1) is 5.92 Å². The molecule has 0 amide bonds. The van der Waals surface area contributed by atoms with Crippen molar-refractivity contribution in [2.75, 3.05) is 27.1 Å². The van der Waals surface area contributed by atoms with Crippen molar-refractivity contribution in [3.63, 3.8) is 0 Å². The van der Waals surface area contributed by atoms with Crippen molar-refractivity contribution in [3.05, 3.63) is 59.7 Å². The Morgan fingerprint density at radius 2 is 1.81 bits per heavy atom. The van der Waals surface area contributed by atoms with Crippen LogP contribution in [0.2, 0.25) is 0 Å². The molecule has 2 aromatic carbocycles. The Morgan fingerprint density at radius 1 is 1.04 bits per heavy atom. The molecular weight excluding hydrogens is 348 g/mol. The molecule has 0 aliphatic rings. The molecule has 0 unspecified atom stereocenters. The van der Waals surface area contributed by atoms with Gasteiger partial charge in [-0.05, 0) is 29.7 Å². The predicted molar refractivity (Wildman–Crippen MR) is 101 cm³/mol. The van der Waals surface area contributed by atoms with Gasteiger partial charge in [0.15, 0.2) is 18.3 Å². The van der Waals surface area contributed by atoms with E-state index < -0.39 is 0 Å². The molecular formula is C21H26O6. The highest BCUT2D eigenvalue weighted by atomic mass is 16.7. The minimum Gasteiger partial charge on any atom is -0.485 e. The molecule has 0 radical (unpaired) electrons. The van der Waals surface area contributed by atoms with E-state index in [1.165, 1.54) is 6.92 Å². The van der Waals surface area contributed by atoms with Gasteiger partial charge in [0.05, 0.1) is 6.61 Å². The number of carbonyl (C=O) groups is 1. The van der Waals surface area contributed by atoms with E-state index in [0.717, 1.165) is 11.1 Å². The lowest BCUT2D eigenvalue weighted by molar-refractivity contribution is -0.142. The van der Waals surface area contributed by atoms with Crippen LogP contribution in [0.1, 0.15) is 18.1 Å². The monoisotopic (exact) mass is 374 g/mol. The van der Waals surface area contributed by atoms with Crippen LogP contribution in [-0.2, 0) is 27.3 Å². The van der Waals surface area contributed by atoms with Crippen molar-refractivity contribution < 1.29 is 28.8 Å². The summed E-state index contributed by atoms with van der Waals surface area (Å²) in [6.45, 7) is 1.98. The standard InChI is InChI=1S/C21H26O6/c1-16(23)25-14-19(12-22)10-18-8-9-20(27-15-24-2)21(11-18)26-13-17-6-4-3-5-7-17/h3-9,11,19,22H,10,12-15H2,1-2H3/t19-/m1/s1. The molecule has 6 nitrogen and oxygen atoms in total. The number of methoxy groups -OCH3 is 1. The summed E-state index contributed by atoms with van der Waals surface area (Å²) in [5.74, 6) is 0.639. The second kappa shape index (κ2) is 11.2. The van der Waals surface area contributed by atoms with E-state index in [2.05, 4.69) is 0 Å². The number of esters is 1. The van der Waals surface area contributed by atoms with Crippen LogP contribution in [0.15, 0.2) is 48.5 Å². The molecule has 1 N–H and O–H groups in total. The maximum absolute atomic E-state index is 11.0. The number of ether oxygens (including phenoxy) is 4. The number of carbonyl (C=O) groups excluding carboxylic acids is 1. The van der Waals surface area contributed by atoms with Crippen molar-refractivity contribution in [3.8, 4) is 11.5 Å². The molecule has 1 atom stereocenters. The highest BCUT2D eigenvalue weighted by molar-refractivity contribution is 5.65. The molecule has 0 aliphatic carbocycles. The van der Waals surface area contributed by atoms with Gasteiger partial charge in [0.2, 0.25) is 0 Å². The molecule has 2 rings (SSSR count). The van der Waals surface area contributed by atoms with Gasteiger partial charge in [-0.15, -0.1) is 0 Å². The third-order valence-corrected chi connectivity index (χ3v) is 3.88. The minimum absolute atomic E-state index is 0.0740. The van der Waals surface area contributed by atoms with E-state index >= 15 is 0 Å². The van der Waals surface area contributed by atoms with Gasteiger partial charge < -0.3 is 24.1 Å². The molecule has 0 fully saturated rings. The van der Waals surface area contributed by atoms with Gasteiger partial charge in [-0.25, -0.2) is 0 Å². The third-order valence-electron chi connectivity index (χ3n) is 3.88. The number of rotatable bonds is 11. The van der Waals surface area contributed by atoms with E-state index in [1.54, 1.807) is 7.11 Å². The summed E-state index contributed by atoms with van der Waals surface area (Å²) < 4.78 is 21.5. The van der Waals surface area contributed by atoms with E-state index in [0.29, 0.717) is 24.5 Å². The van der Waals surface area contributed by atoms with Gasteiger partial charge >= 0.3 is 5.97 Å². The maximum Gasteiger partial charge on any atom is 0.302 e. The normalized spacial score (nSPS) is 11.7. The molecule has 0 aliphatic heterocycles. The van der Waals surface area contributed by atoms with Gasteiger partial charge in [0.1, 0.15) is 6.61 Å². The zero-order valence-electron chi connectivity index (χ0n) is 15.7. The topological polar surface area (TPSA) is 74.2 Å². The molecule has 6 heteroatoms. The lowest BCUT2D eigenvalue weighted by atomic mass is 10.0. The molecule has 0 heterocycles. The Kier molecular flexibility index (Phi) is 8.61. The smallest absolute Gasteiger partial charge is 0.302 e. The molecule has 2 aromatic rings. The van der Waals surface area contributed by atoms with Crippen LogP contribution < -0.4 is 9.47 Å². The van der Waals surface area contributed by atoms with Gasteiger partial charge in [-0.3, -0.25) is 4.79 Å². The first-order valence-corrected chi connectivity index (χ1v) is 8.78. The van der Waals surface area contributed by atoms with Gasteiger partial charge in [0.25, 0.3) is 0 Å². The summed E-state index contributed by atoms with van der Waals surface area (Å²) >= 11 is 0. The summed E-state index contributed by atoms with van der Waals surface area (Å²) in [4.78, 5) is 11.0. The van der Waals surface area contributed by atoms with Crippen molar-refractivity contribution in [2.45, 2.75) is 20.0 Å². The number of hydrogen-bond acceptors (Lipinski definition) is 6. The second-order valence-electron chi connectivity index (χ2n) is 6.16. The molecule has 0 bridgehead atoms. The Bertz CT molecular complexity index is 701. The quantitative estimate of drug-likeness (QED) is 0.481. The first-order chi connectivity index (χ1) is 13.1. The fourth-order valence-electron chi connectivity index (χ4n) is 2.51. The summed E-state index contributed by atoms with van der Waals surface area (Å²) in [7, 11) is 1.56. The van der Waals surface area contributed by atoms with Crippen LogP contribution in [0.25, 0.3) is 0 Å². The fourth-order valence-corrected chi connectivity index (χ4v) is 2.51. The molecule has 0 saturated carbocycles. The largest absolute Gasteiger partial charge is 0.485 e. The van der Waals surface area contributed by atoms with E-state index in [9.17, 15) is 9.90 Å². The summed E-state index contributed by atoms with van der Waals surface area (Å²) in [5.41, 5.74) is 2.00. The number of hydrogen-bond donors (Lipinski definition) is 1. The van der Waals surface area contributed by atoms with E-state index in [1.807, 2.05) is 48.5 Å². The molecule has 0 aromatic heterocycles. The molecule has 0 saturated heterocycles. The van der Waals surface area contributed by atoms with Gasteiger partial charge in [0, 0.05) is 26.6 Å². The Hall–Kier alpha value is -2.57. The molecule has 27 heavy (non-hydrogen) atoms. The highest BCUT2D eigenvalue weighted by Gasteiger charge is 2.14. The number of aliphatic hydroxyl groups excluding tert-OH is 1. The first-order valence-electron chi connectivity index (χ1n) is 8.78. The SMILES string of the molecule is COCOc1ccc(C[C@H](CO)COC(C)=O)cc1OCc1ccccc1. The van der Waals surface area contributed by atoms with Crippen LogP contribution in [-0.4, -0.2) is 38.2 Å². The van der Waals surface area contributed by atoms with Crippen molar-refractivity contribution in [1.82, 2.24) is 0 Å². The Morgan fingerprint density at radius 3 is 2.48 bits per heavy atom. The van der Waals surface area contributed by atoms with Crippen molar-refractivity contribution in [2.24, 2.45) is 5.92 Å². The zero-order valence-corrected chi connectivity index (χ0v) is 15.7. The lowest BCUT2D eigenvalue weighted by Gasteiger charge is -2.17. The maximum atomic E-state index is 11.0. The average Bonchev–Trinajstić information content (AvgIpc) is 2.69. The van der Waals surface area contributed by atoms with Gasteiger partial charge in [-0.1, -0.05) is 36.4 Å². The molecule has 0 spiro atoms. The summed E-state index contributed by atoms with van der Waals surface area (Å²) in [5, 5.41) is 9.53. The van der Waals surface area contributed by atoms with Crippen LogP contribution in [0.5, 0.6) is 11.5 Å². The Labute approximate surface area is 159 Å². The predicted octanol–water partition coefficient (Wildman–Crippen LogP) is 2.96. The minimum atomic E-state index is -0.358. The highest BCUT2D eigenvalue weighted by Crippen LogP contribution is 2.30. The molecule has 146 valence electrons. The van der Waals surface area contributed by atoms with Crippen LogP contribution >= 0.6 is 0 Å². The number of benzene rings is 2. The summed E-state index contributed by atoms with van der Waals surface area (Å²) in [6.07, 6.45) is 0.552. The van der Waals surface area contributed by atoms with E-state index in [4.69, 9.17) is 18.9 Å². The zero-order chi connectivity index (χ0) is 19.5. The van der Waals surface area contributed by atoms with E-state index in [-0.39, 0.29) is 31.9 Å². The fraction of sp³-hybridized carbons (Fsp3) is 0.381. The Balaban J connectivity index is 2.10. The van der Waals surface area contributed by atoms with Crippen LogP contribution in [0.4, 0.5) is 0 Å². The van der Waals surface area contributed by atoms with Gasteiger partial charge in [-0.2, -0.15) is 0 Å². The van der Waals surface area contributed by atoms with Crippen molar-refractivity contribution >= 4 is 5.97 Å². The van der Waals surface area contributed by atoms with Crippen LogP contribution in [0.3, 0.4) is 0 Å². The number of aliphatic hydroxyl groups is 1. The summed E-state index contributed by atoms with van der Waals surface area (Å²) in [6, 6.07) is 15.4. The second-order valence-corrected chi connectivity index (χ2v) is 6.16. The van der Waals surface area contributed by atoms with Crippen molar-refractivity contribution in [1.29, 1.82) is 0 Å². The lowest BCUT2D eigenvalue weighted by Crippen LogP contribution is -2.18. The first kappa shape index (κ1) is 20.7. The average molecular weight is 374 g/mol. The third kappa shape index (κ3) is 7.29.